The number of nitrogens with zero attached hydrogens (tertiary/aromatic N) is 1. The molecule has 2 aromatic carbocycles. The molecule has 130 valence electrons. The highest BCUT2D eigenvalue weighted by atomic mass is 35.5. The summed E-state index contributed by atoms with van der Waals surface area (Å²) >= 11 is 5.92. The van der Waals surface area contributed by atoms with Gasteiger partial charge in [-0.05, 0) is 48.2 Å². The molecule has 0 unspecified atom stereocenters. The first-order chi connectivity index (χ1) is 12.1. The molecule has 2 amide bonds. The Labute approximate surface area is 152 Å². The van der Waals surface area contributed by atoms with Gasteiger partial charge < -0.3 is 10.2 Å². The molecule has 0 saturated carbocycles. The normalized spacial score (nSPS) is 14.0. The largest absolute Gasteiger partial charge is 0.352 e. The second kappa shape index (κ2) is 8.17. The lowest BCUT2D eigenvalue weighted by atomic mass is 10.0. The molecule has 1 aliphatic rings. The van der Waals surface area contributed by atoms with Crippen molar-refractivity contribution in [2.75, 3.05) is 19.6 Å². The summed E-state index contributed by atoms with van der Waals surface area (Å²) in [6, 6.07) is 15.1. The first-order valence-electron chi connectivity index (χ1n) is 8.55. The summed E-state index contributed by atoms with van der Waals surface area (Å²) < 4.78 is 0. The van der Waals surface area contributed by atoms with Crippen LogP contribution in [0, 0.1) is 0 Å². The van der Waals surface area contributed by atoms with Crippen molar-refractivity contribution < 1.29 is 9.59 Å². The van der Waals surface area contributed by atoms with Crippen molar-refractivity contribution in [3.63, 3.8) is 0 Å². The Kier molecular flexibility index (Phi) is 5.71. The zero-order valence-electron chi connectivity index (χ0n) is 14.0. The van der Waals surface area contributed by atoms with E-state index in [2.05, 4.69) is 5.32 Å². The lowest BCUT2D eigenvalue weighted by Gasteiger charge is -2.15. The summed E-state index contributed by atoms with van der Waals surface area (Å²) in [5, 5.41) is 3.62. The molecule has 0 aromatic heterocycles. The van der Waals surface area contributed by atoms with Crippen LogP contribution in [0.1, 0.15) is 29.6 Å². The maximum Gasteiger partial charge on any atom is 0.251 e. The molecule has 4 nitrogen and oxygen atoms in total. The van der Waals surface area contributed by atoms with E-state index in [0.717, 1.165) is 30.5 Å². The second-order valence-electron chi connectivity index (χ2n) is 6.18. The summed E-state index contributed by atoms with van der Waals surface area (Å²) in [6.07, 6.45) is 2.38. The Morgan fingerprint density at radius 1 is 1.12 bits per heavy atom. The number of nitrogens with one attached hydrogen (secondary N) is 1. The lowest BCUT2D eigenvalue weighted by molar-refractivity contribution is -0.127. The maximum atomic E-state index is 12.3. The lowest BCUT2D eigenvalue weighted by Crippen LogP contribution is -2.30. The van der Waals surface area contributed by atoms with Crippen molar-refractivity contribution in [3.05, 3.63) is 59.1 Å². The number of hydrogen-bond acceptors (Lipinski definition) is 2. The van der Waals surface area contributed by atoms with Gasteiger partial charge in [0.05, 0.1) is 0 Å². The highest BCUT2D eigenvalue weighted by molar-refractivity contribution is 6.30. The highest BCUT2D eigenvalue weighted by Gasteiger charge is 2.19. The van der Waals surface area contributed by atoms with E-state index in [1.54, 1.807) is 6.07 Å². The molecule has 25 heavy (non-hydrogen) atoms. The van der Waals surface area contributed by atoms with Gasteiger partial charge in [-0.1, -0.05) is 35.9 Å². The zero-order chi connectivity index (χ0) is 17.6. The summed E-state index contributed by atoms with van der Waals surface area (Å²) in [4.78, 5) is 25.7. The van der Waals surface area contributed by atoms with E-state index in [-0.39, 0.29) is 11.8 Å². The quantitative estimate of drug-likeness (QED) is 0.801. The van der Waals surface area contributed by atoms with E-state index < -0.39 is 0 Å². The van der Waals surface area contributed by atoms with Gasteiger partial charge in [0.15, 0.2) is 0 Å². The molecule has 0 bridgehead atoms. The standard InChI is InChI=1S/C20H21ClN2O2/c21-18-9-7-15(8-10-18)16-4-1-5-17(14-16)20(25)22-11-3-13-23-12-2-6-19(23)24/h1,4-5,7-10,14H,2-3,6,11-13H2,(H,22,25). The van der Waals surface area contributed by atoms with Crippen LogP contribution >= 0.6 is 11.6 Å². The first-order valence-corrected chi connectivity index (χ1v) is 8.93. The smallest absolute Gasteiger partial charge is 0.251 e. The predicted molar refractivity (Wildman–Crippen MR) is 99.7 cm³/mol. The minimum Gasteiger partial charge on any atom is -0.352 e. The molecule has 0 aliphatic carbocycles. The van der Waals surface area contributed by atoms with Crippen LogP contribution in [0.15, 0.2) is 48.5 Å². The fourth-order valence-corrected chi connectivity index (χ4v) is 3.12. The maximum absolute atomic E-state index is 12.3. The average molecular weight is 357 g/mol. The average Bonchev–Trinajstić information content (AvgIpc) is 3.04. The van der Waals surface area contributed by atoms with Crippen LogP contribution in [0.2, 0.25) is 5.02 Å². The number of rotatable bonds is 6. The molecular formula is C20H21ClN2O2. The van der Waals surface area contributed by atoms with Crippen LogP contribution < -0.4 is 5.32 Å². The number of likely N-dealkylation sites (tertiary alicyclic amines) is 1. The molecular weight excluding hydrogens is 336 g/mol. The van der Waals surface area contributed by atoms with Gasteiger partial charge in [0.25, 0.3) is 5.91 Å². The molecule has 2 aromatic rings. The van der Waals surface area contributed by atoms with Crippen LogP contribution in [0.4, 0.5) is 0 Å². The Bertz CT molecular complexity index is 759. The summed E-state index contributed by atoms with van der Waals surface area (Å²) in [7, 11) is 0. The molecule has 5 heteroatoms. The summed E-state index contributed by atoms with van der Waals surface area (Å²) in [6.45, 7) is 2.12. The number of hydrogen-bond donors (Lipinski definition) is 1. The van der Waals surface area contributed by atoms with Gasteiger partial charge in [0.2, 0.25) is 5.91 Å². The second-order valence-corrected chi connectivity index (χ2v) is 6.62. The Morgan fingerprint density at radius 2 is 1.92 bits per heavy atom. The number of benzene rings is 2. The van der Waals surface area contributed by atoms with E-state index in [4.69, 9.17) is 11.6 Å². The Morgan fingerprint density at radius 3 is 2.64 bits per heavy atom. The van der Waals surface area contributed by atoms with Gasteiger partial charge in [0.1, 0.15) is 0 Å². The predicted octanol–water partition coefficient (Wildman–Crippen LogP) is 3.75. The number of amides is 2. The molecule has 0 spiro atoms. The number of carbonyl (C=O) groups is 2. The van der Waals surface area contributed by atoms with Crippen LogP contribution in [0.25, 0.3) is 11.1 Å². The van der Waals surface area contributed by atoms with Gasteiger partial charge in [-0.25, -0.2) is 0 Å². The van der Waals surface area contributed by atoms with Gasteiger partial charge in [-0.15, -0.1) is 0 Å². The third kappa shape index (κ3) is 4.60. The van der Waals surface area contributed by atoms with Gasteiger partial charge in [-0.3, -0.25) is 9.59 Å². The number of halogens is 1. The van der Waals surface area contributed by atoms with E-state index in [1.807, 2.05) is 47.4 Å². The van der Waals surface area contributed by atoms with Crippen LogP contribution in [-0.4, -0.2) is 36.3 Å². The van der Waals surface area contributed by atoms with Crippen molar-refractivity contribution in [1.82, 2.24) is 10.2 Å². The molecule has 3 rings (SSSR count). The third-order valence-corrected chi connectivity index (χ3v) is 4.62. The van der Waals surface area contributed by atoms with Crippen molar-refractivity contribution in [1.29, 1.82) is 0 Å². The van der Waals surface area contributed by atoms with E-state index in [0.29, 0.717) is 30.1 Å². The first kappa shape index (κ1) is 17.5. The molecule has 0 atom stereocenters. The van der Waals surface area contributed by atoms with E-state index in [1.165, 1.54) is 0 Å². The SMILES string of the molecule is O=C(NCCCN1CCCC1=O)c1cccc(-c2ccc(Cl)cc2)c1. The summed E-state index contributed by atoms with van der Waals surface area (Å²) in [5.41, 5.74) is 2.63. The van der Waals surface area contributed by atoms with Gasteiger partial charge in [0, 0.05) is 36.6 Å². The molecule has 1 heterocycles. The molecule has 1 fully saturated rings. The van der Waals surface area contributed by atoms with Gasteiger partial charge >= 0.3 is 0 Å². The molecule has 1 N–H and O–H groups in total. The van der Waals surface area contributed by atoms with Crippen LogP contribution in [0.5, 0.6) is 0 Å². The minimum absolute atomic E-state index is 0.0939. The Hall–Kier alpha value is -2.33. The van der Waals surface area contributed by atoms with E-state index in [9.17, 15) is 9.59 Å². The topological polar surface area (TPSA) is 49.4 Å². The zero-order valence-corrected chi connectivity index (χ0v) is 14.8. The van der Waals surface area contributed by atoms with Crippen molar-refractivity contribution in [3.8, 4) is 11.1 Å². The van der Waals surface area contributed by atoms with Crippen molar-refractivity contribution >= 4 is 23.4 Å². The molecule has 0 radical (unpaired) electrons. The molecule has 1 aliphatic heterocycles. The van der Waals surface area contributed by atoms with Crippen molar-refractivity contribution in [2.24, 2.45) is 0 Å². The van der Waals surface area contributed by atoms with Crippen LogP contribution in [0.3, 0.4) is 0 Å². The fraction of sp³-hybridized carbons (Fsp3) is 0.300. The van der Waals surface area contributed by atoms with E-state index >= 15 is 0 Å². The van der Waals surface area contributed by atoms with Crippen molar-refractivity contribution in [2.45, 2.75) is 19.3 Å². The highest BCUT2D eigenvalue weighted by Crippen LogP contribution is 2.22. The molecule has 1 saturated heterocycles. The minimum atomic E-state index is -0.0939. The monoisotopic (exact) mass is 356 g/mol. The third-order valence-electron chi connectivity index (χ3n) is 4.36. The fourth-order valence-electron chi connectivity index (χ4n) is 3.00. The van der Waals surface area contributed by atoms with Crippen LogP contribution in [-0.2, 0) is 4.79 Å². The van der Waals surface area contributed by atoms with Gasteiger partial charge in [-0.2, -0.15) is 0 Å². The summed E-state index contributed by atoms with van der Waals surface area (Å²) in [5.74, 6) is 0.130. The Balaban J connectivity index is 1.54. The number of carbonyl (C=O) groups excluding carboxylic acids is 2.